The minimum absolute atomic E-state index is 0.0261. The first-order chi connectivity index (χ1) is 8.97. The molecule has 1 aromatic heterocycles. The molecule has 0 unspecified atom stereocenters. The third-order valence-corrected chi connectivity index (χ3v) is 3.00. The maximum atomic E-state index is 11.1. The van der Waals surface area contributed by atoms with Crippen molar-refractivity contribution in [3.8, 4) is 11.6 Å². The summed E-state index contributed by atoms with van der Waals surface area (Å²) < 4.78 is 5.54. The first kappa shape index (κ1) is 13.4. The minimum atomic E-state index is -1.08. The van der Waals surface area contributed by atoms with Crippen LogP contribution in [0.2, 0.25) is 5.02 Å². The largest absolute Gasteiger partial charge is 0.477 e. The van der Waals surface area contributed by atoms with E-state index in [1.165, 1.54) is 6.07 Å². The van der Waals surface area contributed by atoms with Crippen molar-refractivity contribution in [1.82, 2.24) is 4.98 Å². The van der Waals surface area contributed by atoms with Crippen molar-refractivity contribution in [2.75, 3.05) is 0 Å². The Kier molecular flexibility index (Phi) is 3.71. The highest BCUT2D eigenvalue weighted by atomic mass is 35.5. The predicted octanol–water partition coefficient (Wildman–Crippen LogP) is 3.84. The summed E-state index contributed by atoms with van der Waals surface area (Å²) in [4.78, 5) is 15.2. The molecule has 2 aromatic rings. The van der Waals surface area contributed by atoms with Gasteiger partial charge in [0.15, 0.2) is 0 Å². The van der Waals surface area contributed by atoms with E-state index in [9.17, 15) is 4.79 Å². The topological polar surface area (TPSA) is 59.4 Å². The zero-order chi connectivity index (χ0) is 14.0. The number of benzene rings is 1. The number of aromatic carboxylic acids is 1. The quantitative estimate of drug-likeness (QED) is 0.926. The van der Waals surface area contributed by atoms with E-state index in [-0.39, 0.29) is 11.4 Å². The number of carbonyl (C=O) groups is 1. The molecule has 0 aliphatic rings. The van der Waals surface area contributed by atoms with E-state index < -0.39 is 5.97 Å². The van der Waals surface area contributed by atoms with Crippen LogP contribution in [-0.4, -0.2) is 16.1 Å². The third-order valence-electron chi connectivity index (χ3n) is 2.57. The Morgan fingerprint density at radius 3 is 2.63 bits per heavy atom. The number of aromatic nitrogens is 1. The number of halogens is 1. The van der Waals surface area contributed by atoms with Crippen LogP contribution in [0.25, 0.3) is 0 Å². The van der Waals surface area contributed by atoms with Gasteiger partial charge in [0.05, 0.1) is 0 Å². The number of nitrogens with zero attached hydrogens (tertiary/aromatic N) is 1. The second-order valence-electron chi connectivity index (χ2n) is 4.12. The summed E-state index contributed by atoms with van der Waals surface area (Å²) in [5.74, 6) is -0.495. The molecule has 0 radical (unpaired) electrons. The Hall–Kier alpha value is -2.07. The molecule has 0 amide bonds. The Morgan fingerprint density at radius 2 is 2.00 bits per heavy atom. The second kappa shape index (κ2) is 5.28. The molecule has 4 nitrogen and oxygen atoms in total. The van der Waals surface area contributed by atoms with E-state index in [2.05, 4.69) is 4.98 Å². The number of pyridine rings is 1. The lowest BCUT2D eigenvalue weighted by molar-refractivity contribution is 0.0693. The van der Waals surface area contributed by atoms with Gasteiger partial charge in [-0.15, -0.1) is 0 Å². The van der Waals surface area contributed by atoms with Crippen molar-refractivity contribution >= 4 is 17.6 Å². The molecule has 0 aliphatic carbocycles. The Balaban J connectivity index is 2.39. The van der Waals surface area contributed by atoms with E-state index >= 15 is 0 Å². The van der Waals surface area contributed by atoms with Crippen LogP contribution in [0.1, 0.15) is 21.6 Å². The molecule has 5 heteroatoms. The number of carboxylic acid groups (broad SMARTS) is 1. The number of ether oxygens (including phenoxy) is 1. The summed E-state index contributed by atoms with van der Waals surface area (Å²) in [6.07, 6.45) is 0. The Labute approximate surface area is 115 Å². The van der Waals surface area contributed by atoms with Crippen molar-refractivity contribution in [2.45, 2.75) is 13.8 Å². The fourth-order valence-corrected chi connectivity index (χ4v) is 1.68. The third kappa shape index (κ3) is 3.03. The molecule has 19 heavy (non-hydrogen) atoms. The van der Waals surface area contributed by atoms with Gasteiger partial charge in [0.25, 0.3) is 0 Å². The Morgan fingerprint density at radius 1 is 1.26 bits per heavy atom. The van der Waals surface area contributed by atoms with Gasteiger partial charge in [0.1, 0.15) is 11.3 Å². The average Bonchev–Trinajstić information content (AvgIpc) is 2.33. The monoisotopic (exact) mass is 277 g/mol. The van der Waals surface area contributed by atoms with Crippen LogP contribution in [-0.2, 0) is 0 Å². The highest BCUT2D eigenvalue weighted by Crippen LogP contribution is 2.27. The van der Waals surface area contributed by atoms with E-state index in [0.717, 1.165) is 5.56 Å². The van der Waals surface area contributed by atoms with Crippen LogP contribution in [0.5, 0.6) is 11.6 Å². The van der Waals surface area contributed by atoms with Gasteiger partial charge in [0, 0.05) is 10.7 Å². The molecule has 1 heterocycles. The maximum Gasteiger partial charge on any atom is 0.341 e. The zero-order valence-electron chi connectivity index (χ0n) is 10.5. The van der Waals surface area contributed by atoms with Crippen LogP contribution in [0.15, 0.2) is 30.3 Å². The number of hydrogen-bond donors (Lipinski definition) is 1. The van der Waals surface area contributed by atoms with Gasteiger partial charge in [-0.1, -0.05) is 11.6 Å². The zero-order valence-corrected chi connectivity index (χ0v) is 11.2. The normalized spacial score (nSPS) is 10.3. The van der Waals surface area contributed by atoms with Gasteiger partial charge in [-0.25, -0.2) is 9.78 Å². The van der Waals surface area contributed by atoms with Crippen LogP contribution >= 0.6 is 11.6 Å². The highest BCUT2D eigenvalue weighted by molar-refractivity contribution is 6.31. The molecule has 98 valence electrons. The lowest BCUT2D eigenvalue weighted by atomic mass is 10.2. The van der Waals surface area contributed by atoms with Gasteiger partial charge in [-0.05, 0) is 49.7 Å². The lowest BCUT2D eigenvalue weighted by Gasteiger charge is -2.09. The predicted molar refractivity (Wildman–Crippen MR) is 72.2 cm³/mol. The van der Waals surface area contributed by atoms with Crippen molar-refractivity contribution in [2.24, 2.45) is 0 Å². The average molecular weight is 278 g/mol. The number of carboxylic acids is 1. The molecule has 1 aromatic carbocycles. The SMILES string of the molecule is Cc1ccc(C(=O)O)c(Oc2ccc(Cl)c(C)c2)n1. The van der Waals surface area contributed by atoms with Crippen LogP contribution in [0.3, 0.4) is 0 Å². The van der Waals surface area contributed by atoms with Gasteiger partial charge >= 0.3 is 5.97 Å². The van der Waals surface area contributed by atoms with E-state index in [1.54, 1.807) is 31.2 Å². The Bertz CT molecular complexity index is 641. The molecule has 0 saturated heterocycles. The van der Waals surface area contributed by atoms with Gasteiger partial charge in [0.2, 0.25) is 5.88 Å². The highest BCUT2D eigenvalue weighted by Gasteiger charge is 2.14. The minimum Gasteiger partial charge on any atom is -0.477 e. The molecular weight excluding hydrogens is 266 g/mol. The van der Waals surface area contributed by atoms with Crippen molar-refractivity contribution in [3.63, 3.8) is 0 Å². The van der Waals surface area contributed by atoms with Gasteiger partial charge in [-0.2, -0.15) is 0 Å². The molecule has 0 aliphatic heterocycles. The molecule has 0 spiro atoms. The lowest BCUT2D eigenvalue weighted by Crippen LogP contribution is -2.02. The summed E-state index contributed by atoms with van der Waals surface area (Å²) in [7, 11) is 0. The summed E-state index contributed by atoms with van der Waals surface area (Å²) in [5, 5.41) is 9.72. The fourth-order valence-electron chi connectivity index (χ4n) is 1.57. The molecule has 0 atom stereocenters. The van der Waals surface area contributed by atoms with E-state index in [1.807, 2.05) is 6.92 Å². The molecule has 0 saturated carbocycles. The smallest absolute Gasteiger partial charge is 0.341 e. The summed E-state index contributed by atoms with van der Waals surface area (Å²) in [6, 6.07) is 8.21. The summed E-state index contributed by atoms with van der Waals surface area (Å²) in [6.45, 7) is 3.61. The van der Waals surface area contributed by atoms with Gasteiger partial charge in [-0.3, -0.25) is 0 Å². The maximum absolute atomic E-state index is 11.1. The van der Waals surface area contributed by atoms with E-state index in [0.29, 0.717) is 16.5 Å². The molecule has 1 N–H and O–H groups in total. The van der Waals surface area contributed by atoms with Crippen molar-refractivity contribution in [3.05, 3.63) is 52.2 Å². The standard InChI is InChI=1S/C14H12ClNO3/c1-8-7-10(4-6-12(8)15)19-13-11(14(17)18)5-3-9(2)16-13/h3-7H,1-2H3,(H,17,18). The number of rotatable bonds is 3. The van der Waals surface area contributed by atoms with Crippen LogP contribution < -0.4 is 4.74 Å². The van der Waals surface area contributed by atoms with Crippen molar-refractivity contribution in [1.29, 1.82) is 0 Å². The first-order valence-electron chi connectivity index (χ1n) is 5.62. The summed E-state index contributed by atoms with van der Waals surface area (Å²) >= 11 is 5.93. The summed E-state index contributed by atoms with van der Waals surface area (Å²) in [5.41, 5.74) is 1.56. The second-order valence-corrected chi connectivity index (χ2v) is 4.53. The van der Waals surface area contributed by atoms with Gasteiger partial charge < -0.3 is 9.84 Å². The van der Waals surface area contributed by atoms with Crippen LogP contribution in [0, 0.1) is 13.8 Å². The number of aryl methyl sites for hydroxylation is 2. The molecule has 0 fully saturated rings. The molecule has 0 bridgehead atoms. The van der Waals surface area contributed by atoms with E-state index in [4.69, 9.17) is 21.4 Å². The van der Waals surface area contributed by atoms with Crippen molar-refractivity contribution < 1.29 is 14.6 Å². The fraction of sp³-hybridized carbons (Fsp3) is 0.143. The van der Waals surface area contributed by atoms with Crippen LogP contribution in [0.4, 0.5) is 0 Å². The first-order valence-corrected chi connectivity index (χ1v) is 6.00. The number of hydrogen-bond acceptors (Lipinski definition) is 3. The molecular formula is C14H12ClNO3. The molecule has 2 rings (SSSR count).